The number of ether oxygens (including phenoxy) is 2. The van der Waals surface area contributed by atoms with Crippen LogP contribution in [0.4, 0.5) is 0 Å². The fourth-order valence-corrected chi connectivity index (χ4v) is 18.5. The first-order valence-corrected chi connectivity index (χ1v) is 25.3. The third-order valence-electron chi connectivity index (χ3n) is 11.4. The molecule has 0 aliphatic carbocycles. The summed E-state index contributed by atoms with van der Waals surface area (Å²) in [5, 5.41) is 6.55. The third kappa shape index (κ3) is 7.98. The third-order valence-corrected chi connectivity index (χ3v) is 22.5. The lowest BCUT2D eigenvalue weighted by molar-refractivity contribution is -0.0153. The molecule has 0 aromatic heterocycles. The van der Waals surface area contributed by atoms with Crippen LogP contribution in [-0.4, -0.2) is 52.2 Å². The van der Waals surface area contributed by atoms with Gasteiger partial charge in [0.1, 0.15) is 18.3 Å². The monoisotopic (exact) mass is 826 g/mol. The van der Waals surface area contributed by atoms with Crippen LogP contribution in [-0.2, 0) is 18.3 Å². The fourth-order valence-electron chi connectivity index (χ4n) is 8.91. The van der Waals surface area contributed by atoms with E-state index in [1.807, 2.05) is 6.26 Å². The van der Waals surface area contributed by atoms with E-state index in [0.29, 0.717) is 11.0 Å². The van der Waals surface area contributed by atoms with Crippen LogP contribution < -0.4 is 20.7 Å². The molecule has 6 aromatic rings. The van der Waals surface area contributed by atoms with Crippen LogP contribution in [0.5, 0.6) is 0 Å². The molecule has 7 rings (SSSR count). The number of benzene rings is 6. The Bertz CT molecular complexity index is 2160. The molecule has 0 radical (unpaired) electrons. The molecular weight excluding hydrogens is 773 g/mol. The van der Waals surface area contributed by atoms with Crippen molar-refractivity contribution in [3.63, 3.8) is 0 Å². The summed E-state index contributed by atoms with van der Waals surface area (Å²) < 4.78 is 30.6. The lowest BCUT2D eigenvalue weighted by Crippen LogP contribution is -2.70. The molecule has 0 saturated carbocycles. The van der Waals surface area contributed by atoms with Gasteiger partial charge in [0.05, 0.1) is 6.61 Å². The first kappa shape index (κ1) is 41.3. The molecule has 0 N–H and O–H groups in total. The molecule has 1 heterocycles. The minimum absolute atomic E-state index is 0.228. The van der Waals surface area contributed by atoms with E-state index in [2.05, 4.69) is 205 Å². The first-order chi connectivity index (χ1) is 27.4. The summed E-state index contributed by atoms with van der Waals surface area (Å²) in [5.74, 6) is 0. The molecule has 4 nitrogen and oxygen atoms in total. The number of hydrogen-bond donors (Lipinski definition) is 0. The van der Waals surface area contributed by atoms with Gasteiger partial charge in [0.25, 0.3) is 16.6 Å². The molecule has 6 aromatic carbocycles. The van der Waals surface area contributed by atoms with Crippen molar-refractivity contribution in [3.05, 3.63) is 169 Å². The normalized spacial score (nSPS) is 19.1. The van der Waals surface area contributed by atoms with Crippen LogP contribution in [0.2, 0.25) is 10.1 Å². The maximum Gasteiger partial charge on any atom is 0.261 e. The van der Waals surface area contributed by atoms with Gasteiger partial charge in [0.15, 0.2) is 6.10 Å². The Morgan fingerprint density at radius 3 is 1.49 bits per heavy atom. The number of thioether (sulfide) groups is 1. The Hall–Kier alpha value is -3.87. The highest BCUT2D eigenvalue weighted by Crippen LogP contribution is 2.46. The van der Waals surface area contributed by atoms with E-state index in [0.717, 1.165) is 16.3 Å². The largest absolute Gasteiger partial charge is 0.469 e. The Morgan fingerprint density at radius 1 is 0.579 bits per heavy atom. The van der Waals surface area contributed by atoms with Crippen molar-refractivity contribution in [2.45, 2.75) is 76.0 Å². The molecule has 8 heteroatoms. The van der Waals surface area contributed by atoms with Gasteiger partial charge in [-0.25, -0.2) is 0 Å². The van der Waals surface area contributed by atoms with Gasteiger partial charge < -0.3 is 18.3 Å². The fraction of sp³-hybridized carbons (Fsp3) is 0.286. The van der Waals surface area contributed by atoms with Crippen LogP contribution >= 0.6 is 24.0 Å². The molecule has 294 valence electrons. The minimum Gasteiger partial charge on any atom is -0.469 e. The Morgan fingerprint density at radius 2 is 1.02 bits per heavy atom. The van der Waals surface area contributed by atoms with Crippen molar-refractivity contribution in [3.8, 4) is 0 Å². The van der Waals surface area contributed by atoms with Gasteiger partial charge in [-0.15, -0.1) is 0 Å². The molecule has 0 bridgehead atoms. The van der Waals surface area contributed by atoms with Crippen molar-refractivity contribution in [2.24, 2.45) is 0 Å². The number of fused-ring (bicyclic) bond motifs is 1. The van der Waals surface area contributed by atoms with Crippen LogP contribution in [0.1, 0.15) is 53.2 Å². The number of hydrogen-bond acceptors (Lipinski definition) is 6. The van der Waals surface area contributed by atoms with Gasteiger partial charge in [0, 0.05) is 0 Å². The van der Waals surface area contributed by atoms with Crippen LogP contribution in [0, 0.1) is 0 Å². The van der Waals surface area contributed by atoms with E-state index in [1.165, 1.54) is 32.5 Å². The second kappa shape index (κ2) is 17.2. The zero-order chi connectivity index (χ0) is 40.3. The van der Waals surface area contributed by atoms with Gasteiger partial charge in [0.2, 0.25) is 4.38 Å². The van der Waals surface area contributed by atoms with Gasteiger partial charge >= 0.3 is 0 Å². The molecule has 0 amide bonds. The second-order valence-corrected chi connectivity index (χ2v) is 26.9. The van der Waals surface area contributed by atoms with Crippen molar-refractivity contribution in [1.29, 1.82) is 0 Å². The van der Waals surface area contributed by atoms with Crippen molar-refractivity contribution in [2.75, 3.05) is 12.9 Å². The molecule has 4 atom stereocenters. The van der Waals surface area contributed by atoms with Crippen LogP contribution in [0.15, 0.2) is 164 Å². The molecule has 1 saturated heterocycles. The molecule has 1 unspecified atom stereocenters. The number of thiocarbonyl (C=S) groups is 1. The summed E-state index contributed by atoms with van der Waals surface area (Å²) in [6, 6.07) is 58.1. The van der Waals surface area contributed by atoms with Gasteiger partial charge in [-0.3, -0.25) is 0 Å². The summed E-state index contributed by atoms with van der Waals surface area (Å²) in [4.78, 5) is 0. The zero-order valence-electron chi connectivity index (χ0n) is 34.1. The average Bonchev–Trinajstić information content (AvgIpc) is 3.55. The molecule has 1 aliphatic heterocycles. The van der Waals surface area contributed by atoms with E-state index in [-0.39, 0.29) is 10.1 Å². The quantitative estimate of drug-likeness (QED) is 0.0957. The second-order valence-electron chi connectivity index (χ2n) is 16.9. The molecule has 1 aliphatic rings. The maximum absolute atomic E-state index is 8.09. The highest BCUT2D eigenvalue weighted by atomic mass is 32.2. The molecule has 1 fully saturated rings. The summed E-state index contributed by atoms with van der Waals surface area (Å²) in [6.07, 6.45) is -0.148. The van der Waals surface area contributed by atoms with E-state index in [1.54, 1.807) is 0 Å². The molecule has 57 heavy (non-hydrogen) atoms. The van der Waals surface area contributed by atoms with Gasteiger partial charge in [-0.05, 0) is 65.6 Å². The van der Waals surface area contributed by atoms with Gasteiger partial charge in [-0.2, -0.15) is 0 Å². The Balaban J connectivity index is 1.44. The van der Waals surface area contributed by atoms with Crippen molar-refractivity contribution in [1.82, 2.24) is 0 Å². The maximum atomic E-state index is 8.09. The standard InChI is InChI=1S/C49H54O4S2Si2/c1-48(2,3)56(37-25-12-8-13-26-37,38-27-14-9-15-28-38)50-35-43-45(53-57(49(4,5)6,39-29-16-10-17-30-39)40-31-18-11-19-32-40)46(52-47(54)55-7)44(51-43)42-34-22-24-36-23-20-21-33-41(36)42/h8-34,43-46H,35H2,1-7H3/t43?,44-,45+,46+/m0/s1. The predicted molar refractivity (Wildman–Crippen MR) is 249 cm³/mol. The minimum atomic E-state index is -3.14. The van der Waals surface area contributed by atoms with E-state index in [4.69, 9.17) is 30.5 Å². The molecular formula is C49H54O4S2Si2. The van der Waals surface area contributed by atoms with Gasteiger partial charge in [-0.1, -0.05) is 217 Å². The lowest BCUT2D eigenvalue weighted by Gasteiger charge is -2.46. The smallest absolute Gasteiger partial charge is 0.261 e. The average molecular weight is 827 g/mol. The number of rotatable bonds is 11. The topological polar surface area (TPSA) is 36.9 Å². The zero-order valence-corrected chi connectivity index (χ0v) is 37.7. The summed E-state index contributed by atoms with van der Waals surface area (Å²) in [7, 11) is -6.11. The van der Waals surface area contributed by atoms with Crippen LogP contribution in [0.25, 0.3) is 10.8 Å². The van der Waals surface area contributed by atoms with Crippen LogP contribution in [0.3, 0.4) is 0 Å². The highest BCUT2D eigenvalue weighted by Gasteiger charge is 2.59. The van der Waals surface area contributed by atoms with E-state index in [9.17, 15) is 0 Å². The molecule has 0 spiro atoms. The van der Waals surface area contributed by atoms with E-state index >= 15 is 0 Å². The Kier molecular flexibility index (Phi) is 12.4. The summed E-state index contributed by atoms with van der Waals surface area (Å²) in [6.45, 7) is 14.2. The van der Waals surface area contributed by atoms with E-state index < -0.39 is 41.1 Å². The van der Waals surface area contributed by atoms with Crippen molar-refractivity contribution < 1.29 is 18.3 Å². The predicted octanol–water partition coefficient (Wildman–Crippen LogP) is 9.83. The summed E-state index contributed by atoms with van der Waals surface area (Å²) in [5.41, 5.74) is 1.05. The Labute approximate surface area is 351 Å². The SMILES string of the molecule is CSC(=S)O[C@H]1[C@H](O[Si](c2ccccc2)(c2ccccc2)C(C)(C)C)C(CO[Si](c2ccccc2)(c2ccccc2)C(C)(C)C)O[C@H]1c1cccc2ccccc12. The first-order valence-electron chi connectivity index (χ1n) is 19.8. The van der Waals surface area contributed by atoms with Crippen molar-refractivity contribution >= 4 is 76.5 Å². The summed E-state index contributed by atoms with van der Waals surface area (Å²) >= 11 is 7.33. The lowest BCUT2D eigenvalue weighted by atomic mass is 9.96. The highest BCUT2D eigenvalue weighted by molar-refractivity contribution is 8.22.